The van der Waals surface area contributed by atoms with Crippen LogP contribution < -0.4 is 9.80 Å². The minimum Gasteiger partial charge on any atom is -0.378 e. The Morgan fingerprint density at radius 2 is 1.38 bits per heavy atom. The van der Waals surface area contributed by atoms with Gasteiger partial charge in [-0.05, 0) is 42.5 Å². The molecule has 2 heterocycles. The summed E-state index contributed by atoms with van der Waals surface area (Å²) >= 11 is 0. The second-order valence-electron chi connectivity index (χ2n) is 7.13. The van der Waals surface area contributed by atoms with Crippen LogP contribution in [0.4, 0.5) is 11.4 Å². The molecular weight excluding hydrogens is 304 g/mol. The van der Waals surface area contributed by atoms with Crippen LogP contribution in [-0.4, -0.2) is 38.1 Å². The largest absolute Gasteiger partial charge is 0.378 e. The number of imide groups is 1. The maximum absolute atomic E-state index is 12.8. The Hall–Kier alpha value is -2.14. The predicted octanol–water partition coefficient (Wildman–Crippen LogP) is 1.83. The third-order valence-electron chi connectivity index (χ3n) is 5.95. The van der Waals surface area contributed by atoms with Crippen LogP contribution in [0.2, 0.25) is 0 Å². The van der Waals surface area contributed by atoms with Gasteiger partial charge in [0.2, 0.25) is 11.8 Å². The van der Waals surface area contributed by atoms with E-state index in [-0.39, 0.29) is 35.5 Å². The van der Waals surface area contributed by atoms with Crippen molar-refractivity contribution in [3.8, 4) is 0 Å². The van der Waals surface area contributed by atoms with Gasteiger partial charge in [-0.1, -0.05) is 12.2 Å². The SMILES string of the molecule is O=C1[C@@H]2[C@H](C(=O)N1c1ccc(N3CCOCC3)cc1)[C@@H]1C=C[C@H]2C1. The molecule has 0 spiro atoms. The summed E-state index contributed by atoms with van der Waals surface area (Å²) in [7, 11) is 0. The lowest BCUT2D eigenvalue weighted by molar-refractivity contribution is -0.123. The zero-order chi connectivity index (χ0) is 16.3. The van der Waals surface area contributed by atoms with Crippen LogP contribution in [0.1, 0.15) is 6.42 Å². The predicted molar refractivity (Wildman–Crippen MR) is 89.7 cm³/mol. The molecule has 1 aromatic rings. The van der Waals surface area contributed by atoms with Gasteiger partial charge in [0.1, 0.15) is 0 Å². The lowest BCUT2D eigenvalue weighted by Gasteiger charge is -2.29. The molecule has 5 heteroatoms. The van der Waals surface area contributed by atoms with Crippen LogP contribution >= 0.6 is 0 Å². The summed E-state index contributed by atoms with van der Waals surface area (Å²) in [5.41, 5.74) is 1.82. The minimum atomic E-state index is -0.133. The van der Waals surface area contributed by atoms with E-state index < -0.39 is 0 Å². The smallest absolute Gasteiger partial charge is 0.238 e. The summed E-state index contributed by atoms with van der Waals surface area (Å²) in [4.78, 5) is 29.3. The van der Waals surface area contributed by atoms with Crippen molar-refractivity contribution in [2.45, 2.75) is 6.42 Å². The van der Waals surface area contributed by atoms with Crippen molar-refractivity contribution in [2.24, 2.45) is 23.7 Å². The van der Waals surface area contributed by atoms with Gasteiger partial charge in [-0.15, -0.1) is 0 Å². The maximum atomic E-state index is 12.8. The number of amides is 2. The Bertz CT molecular complexity index is 691. The molecule has 2 aliphatic heterocycles. The van der Waals surface area contributed by atoms with Gasteiger partial charge in [0.25, 0.3) is 0 Å². The molecule has 2 bridgehead atoms. The van der Waals surface area contributed by atoms with E-state index in [0.29, 0.717) is 5.69 Å². The maximum Gasteiger partial charge on any atom is 0.238 e. The first-order chi connectivity index (χ1) is 11.7. The number of hydrogen-bond acceptors (Lipinski definition) is 4. The van der Waals surface area contributed by atoms with Crippen molar-refractivity contribution in [2.75, 3.05) is 36.1 Å². The lowest BCUT2D eigenvalue weighted by atomic mass is 9.85. The number of benzene rings is 1. The van der Waals surface area contributed by atoms with E-state index in [0.717, 1.165) is 38.4 Å². The van der Waals surface area contributed by atoms with Crippen molar-refractivity contribution >= 4 is 23.2 Å². The van der Waals surface area contributed by atoms with Gasteiger partial charge in [-0.25, -0.2) is 0 Å². The molecule has 1 aromatic carbocycles. The number of rotatable bonds is 2. The Balaban J connectivity index is 1.41. The van der Waals surface area contributed by atoms with E-state index in [1.54, 1.807) is 0 Å². The van der Waals surface area contributed by atoms with Crippen molar-refractivity contribution in [3.63, 3.8) is 0 Å². The Morgan fingerprint density at radius 1 is 0.833 bits per heavy atom. The van der Waals surface area contributed by atoms with Crippen LogP contribution in [0.25, 0.3) is 0 Å². The van der Waals surface area contributed by atoms with Crippen LogP contribution in [0, 0.1) is 23.7 Å². The summed E-state index contributed by atoms with van der Waals surface area (Å²) in [5.74, 6) is 0.225. The number of ether oxygens (including phenoxy) is 1. The van der Waals surface area contributed by atoms with Gasteiger partial charge in [0, 0.05) is 18.8 Å². The van der Waals surface area contributed by atoms with Gasteiger partial charge in [0.15, 0.2) is 0 Å². The monoisotopic (exact) mass is 324 g/mol. The standard InChI is InChI=1S/C19H20N2O3/c22-18-16-12-1-2-13(11-12)17(16)19(23)21(18)15-5-3-14(4-6-15)20-7-9-24-10-8-20/h1-6,12-13,16-17H,7-11H2/t12-,13+,16-,17+. The molecule has 4 atom stereocenters. The fourth-order valence-electron chi connectivity index (χ4n) is 4.79. The van der Waals surface area contributed by atoms with Crippen LogP contribution in [0.3, 0.4) is 0 Å². The molecule has 0 N–H and O–H groups in total. The number of carbonyl (C=O) groups excluding carboxylic acids is 2. The highest BCUT2D eigenvalue weighted by Crippen LogP contribution is 2.53. The third kappa shape index (κ3) is 1.91. The highest BCUT2D eigenvalue weighted by molar-refractivity contribution is 6.22. The molecule has 5 rings (SSSR count). The average molecular weight is 324 g/mol. The van der Waals surface area contributed by atoms with E-state index >= 15 is 0 Å². The van der Waals surface area contributed by atoms with E-state index in [1.165, 1.54) is 4.90 Å². The normalized spacial score (nSPS) is 34.3. The molecule has 5 nitrogen and oxygen atoms in total. The van der Waals surface area contributed by atoms with Crippen molar-refractivity contribution in [1.82, 2.24) is 0 Å². The summed E-state index contributed by atoms with van der Waals surface area (Å²) < 4.78 is 5.38. The number of carbonyl (C=O) groups is 2. The zero-order valence-corrected chi connectivity index (χ0v) is 13.4. The molecule has 124 valence electrons. The molecular formula is C19H20N2O3. The number of nitrogens with zero attached hydrogens (tertiary/aromatic N) is 2. The van der Waals surface area contributed by atoms with Crippen LogP contribution in [0.5, 0.6) is 0 Å². The highest BCUT2D eigenvalue weighted by Gasteiger charge is 2.59. The second kappa shape index (κ2) is 5.18. The van der Waals surface area contributed by atoms with Gasteiger partial charge < -0.3 is 9.64 Å². The first kappa shape index (κ1) is 14.2. The topological polar surface area (TPSA) is 49.9 Å². The molecule has 0 unspecified atom stereocenters. The van der Waals surface area contributed by atoms with Gasteiger partial charge in [-0.3, -0.25) is 14.5 Å². The number of morpholine rings is 1. The van der Waals surface area contributed by atoms with E-state index in [4.69, 9.17) is 4.74 Å². The average Bonchev–Trinajstić information content (AvgIpc) is 3.30. The third-order valence-corrected chi connectivity index (χ3v) is 5.95. The zero-order valence-electron chi connectivity index (χ0n) is 13.4. The second-order valence-corrected chi connectivity index (χ2v) is 7.13. The Labute approximate surface area is 140 Å². The van der Waals surface area contributed by atoms with Gasteiger partial charge in [0.05, 0.1) is 30.7 Å². The molecule has 2 saturated heterocycles. The molecule has 2 aliphatic carbocycles. The van der Waals surface area contributed by atoms with E-state index in [2.05, 4.69) is 17.1 Å². The number of hydrogen-bond donors (Lipinski definition) is 0. The molecule has 1 saturated carbocycles. The highest BCUT2D eigenvalue weighted by atomic mass is 16.5. The van der Waals surface area contributed by atoms with Crippen molar-refractivity contribution in [3.05, 3.63) is 36.4 Å². The van der Waals surface area contributed by atoms with E-state index in [1.807, 2.05) is 24.3 Å². The summed E-state index contributed by atoms with van der Waals surface area (Å²) in [6.45, 7) is 3.23. The molecule has 4 aliphatic rings. The van der Waals surface area contributed by atoms with Crippen molar-refractivity contribution < 1.29 is 14.3 Å². The summed E-state index contributed by atoms with van der Waals surface area (Å²) in [6, 6.07) is 7.80. The fourth-order valence-corrected chi connectivity index (χ4v) is 4.79. The van der Waals surface area contributed by atoms with Crippen LogP contribution in [-0.2, 0) is 14.3 Å². The molecule has 24 heavy (non-hydrogen) atoms. The van der Waals surface area contributed by atoms with Gasteiger partial charge >= 0.3 is 0 Å². The summed E-state index contributed by atoms with van der Waals surface area (Å²) in [5, 5.41) is 0. The number of anilines is 2. The summed E-state index contributed by atoms with van der Waals surface area (Å²) in [6.07, 6.45) is 5.22. The Kier molecular flexibility index (Phi) is 3.07. The van der Waals surface area contributed by atoms with Gasteiger partial charge in [-0.2, -0.15) is 0 Å². The van der Waals surface area contributed by atoms with E-state index in [9.17, 15) is 9.59 Å². The first-order valence-corrected chi connectivity index (χ1v) is 8.73. The van der Waals surface area contributed by atoms with Crippen molar-refractivity contribution in [1.29, 1.82) is 0 Å². The molecule has 2 amide bonds. The molecule has 0 aromatic heterocycles. The fraction of sp³-hybridized carbons (Fsp3) is 0.474. The molecule has 3 fully saturated rings. The quantitative estimate of drug-likeness (QED) is 0.615. The lowest BCUT2D eigenvalue weighted by Crippen LogP contribution is -2.36. The first-order valence-electron chi connectivity index (χ1n) is 8.73. The van der Waals surface area contributed by atoms with Crippen LogP contribution in [0.15, 0.2) is 36.4 Å². The number of fused-ring (bicyclic) bond motifs is 5. The minimum absolute atomic E-state index is 0.0130. The molecule has 0 radical (unpaired) electrons. The Morgan fingerprint density at radius 3 is 1.96 bits per heavy atom. The number of allylic oxidation sites excluding steroid dienone is 2.